The van der Waals surface area contributed by atoms with E-state index >= 15 is 38.4 Å². The van der Waals surface area contributed by atoms with E-state index in [0.717, 1.165) is 24.5 Å². The van der Waals surface area contributed by atoms with E-state index in [1.54, 1.807) is 68.6 Å². The van der Waals surface area contributed by atoms with Crippen LogP contribution in [0, 0.1) is 0 Å². The third-order valence-electron chi connectivity index (χ3n) is 24.4. The molecule has 9 rings (SSSR count). The lowest BCUT2D eigenvalue weighted by atomic mass is 9.99. The van der Waals surface area contributed by atoms with Gasteiger partial charge in [-0.25, -0.2) is 4.98 Å². The Labute approximate surface area is 796 Å². The molecule has 3 aromatic carbocycles. The number of hydrogen-bond acceptors (Lipinski definition) is 24. The summed E-state index contributed by atoms with van der Waals surface area (Å²) in [4.78, 5) is 306. The highest BCUT2D eigenvalue weighted by molar-refractivity contribution is 8.00. The first-order valence-corrected chi connectivity index (χ1v) is 46.5. The number of aliphatic hydroxyl groups excluding tert-OH is 1. The highest BCUT2D eigenvalue weighted by Gasteiger charge is 2.47. The summed E-state index contributed by atoms with van der Waals surface area (Å²) in [6.45, 7) is 3.17. The van der Waals surface area contributed by atoms with Crippen molar-refractivity contribution in [3.8, 4) is 5.75 Å². The third-order valence-corrected chi connectivity index (χ3v) is 25.4. The van der Waals surface area contributed by atoms with Crippen LogP contribution in [0.4, 0.5) is 0 Å². The van der Waals surface area contributed by atoms with Crippen molar-refractivity contribution in [2.24, 2.45) is 11.5 Å². The Bertz CT molecular complexity index is 5420. The molecule has 3 aliphatic rings. The van der Waals surface area contributed by atoms with Crippen LogP contribution < -0.4 is 64.6 Å². The van der Waals surface area contributed by atoms with Gasteiger partial charge in [-0.2, -0.15) is 0 Å². The molecule has 3 fully saturated rings. The number of imidazole rings is 1. The quantitative estimate of drug-likeness (QED) is 0.0239. The van der Waals surface area contributed by atoms with Gasteiger partial charge in [0.05, 0.1) is 31.1 Å². The van der Waals surface area contributed by atoms with Gasteiger partial charge in [-0.3, -0.25) is 95.9 Å². The molecule has 0 aliphatic carbocycles. The number of H-pyrrole nitrogens is 3. The van der Waals surface area contributed by atoms with Crippen molar-refractivity contribution >= 4 is 152 Å². The molecule has 3 saturated heterocycles. The third kappa shape index (κ3) is 30.0. The van der Waals surface area contributed by atoms with Gasteiger partial charge in [0.2, 0.25) is 100 Å². The summed E-state index contributed by atoms with van der Waals surface area (Å²) in [5.41, 5.74) is 13.6. The number of phenols is 1. The van der Waals surface area contributed by atoms with Gasteiger partial charge < -0.3 is 130 Å². The zero-order valence-corrected chi connectivity index (χ0v) is 78.0. The van der Waals surface area contributed by atoms with Crippen LogP contribution in [0.15, 0.2) is 97.7 Å². The molecular formula is C91H121N21O25S. The first kappa shape index (κ1) is 107. The number of phenolic OH excluding ortho intramolecular Hbond substituents is 1. The normalized spacial score (nSPS) is 24.4. The maximum absolute atomic E-state index is 15.8. The number of carboxylic acids is 3. The molecule has 17 amide bonds. The summed E-state index contributed by atoms with van der Waals surface area (Å²) >= 11 is 0.684. The van der Waals surface area contributed by atoms with Crippen LogP contribution in [0.3, 0.4) is 0 Å². The van der Waals surface area contributed by atoms with Crippen LogP contribution in [0.25, 0.3) is 21.8 Å². The van der Waals surface area contributed by atoms with Crippen molar-refractivity contribution in [2.75, 3.05) is 52.3 Å². The predicted octanol–water partition coefficient (Wildman–Crippen LogP) is -2.64. The monoisotopic (exact) mass is 1940 g/mol. The number of likely N-dealkylation sites (N-methyl/N-ethyl adjacent to an activating group) is 3. The van der Waals surface area contributed by atoms with Crippen LogP contribution >= 0.6 is 11.8 Å². The molecule has 22 N–H and O–H groups in total. The van der Waals surface area contributed by atoms with Gasteiger partial charge in [0, 0.05) is 137 Å². The zero-order chi connectivity index (χ0) is 101. The molecule has 3 aromatic heterocycles. The molecule has 746 valence electrons. The molecule has 138 heavy (non-hydrogen) atoms. The maximum atomic E-state index is 15.8. The number of nitrogens with zero attached hydrogens (tertiary/aromatic N) is 6. The number of benzene rings is 3. The fourth-order valence-corrected chi connectivity index (χ4v) is 17.6. The van der Waals surface area contributed by atoms with E-state index in [9.17, 15) is 83.1 Å². The van der Waals surface area contributed by atoms with Gasteiger partial charge in [-0.05, 0) is 92.8 Å². The number of primary amides is 2. The number of carbonyl (C=O) groups excluding carboxylic acids is 17. The lowest BCUT2D eigenvalue weighted by Gasteiger charge is -2.36. The average molecular weight is 1940 g/mol. The number of nitrogens with two attached hydrogens (primary N) is 2. The SMILES string of the molecule is CCCC[C@H]1C(=O)N(C)[C@@H](CCCC)C(=O)N[C@@H](CCC(=O)O)C(=O)N[C@H](C(=O)NCC(N)=O)CSCC(=O)N[C@@H](Cc2ccc(O)cc2)C(=O)N(C)[C@@H](C)C(=O)N[C@@H](CC(N)=O)C(=O)N2CCC[C@H]2C(=O)N[C@@H](Cc2cnc[nH]2)C(=O)N[C@@H](CCC(=O)O)C(=O)N2C[C@H](O)C[C@H]2C(=O)N[C@@H](Cc2c[nH]c3ccccc23)C(=O)N[C@@H](CCC(=O)O)C(=O)N[C@@H](Cc2c[nH]c3ccccc23)C(=O)N1C. The largest absolute Gasteiger partial charge is 0.508 e. The number of carbonyl (C=O) groups is 20. The van der Waals surface area contributed by atoms with Crippen molar-refractivity contribution < 1.29 is 121 Å². The molecule has 0 radical (unpaired) electrons. The summed E-state index contributed by atoms with van der Waals surface area (Å²) in [6.07, 6.45) is -2.14. The molecule has 3 aliphatic heterocycles. The van der Waals surface area contributed by atoms with Crippen molar-refractivity contribution in [2.45, 2.75) is 240 Å². The maximum Gasteiger partial charge on any atom is 0.303 e. The van der Waals surface area contributed by atoms with Gasteiger partial charge in [0.15, 0.2) is 0 Å². The smallest absolute Gasteiger partial charge is 0.303 e. The molecule has 6 heterocycles. The van der Waals surface area contributed by atoms with Crippen molar-refractivity contribution in [1.29, 1.82) is 0 Å². The lowest BCUT2D eigenvalue weighted by molar-refractivity contribution is -0.149. The molecule has 15 atom stereocenters. The summed E-state index contributed by atoms with van der Waals surface area (Å²) < 4.78 is 0. The van der Waals surface area contributed by atoms with Crippen molar-refractivity contribution in [3.63, 3.8) is 0 Å². The highest BCUT2D eigenvalue weighted by atomic mass is 32.2. The number of nitrogens with one attached hydrogen (secondary N) is 13. The first-order chi connectivity index (χ1) is 65.6. The number of aromatic amines is 3. The molecule has 47 heteroatoms. The fourth-order valence-electron chi connectivity index (χ4n) is 16.7. The summed E-state index contributed by atoms with van der Waals surface area (Å²) in [7, 11) is 3.70. The summed E-state index contributed by atoms with van der Waals surface area (Å²) in [5.74, 6) is -23.7. The van der Waals surface area contributed by atoms with Crippen LogP contribution in [-0.2, 0) is 122 Å². The Hall–Kier alpha value is -14.5. The van der Waals surface area contributed by atoms with Crippen LogP contribution in [0.5, 0.6) is 5.75 Å². The minimum absolute atomic E-state index is 0.0923. The van der Waals surface area contributed by atoms with E-state index in [1.165, 1.54) is 71.1 Å². The molecule has 0 saturated carbocycles. The van der Waals surface area contributed by atoms with E-state index in [0.29, 0.717) is 63.1 Å². The highest BCUT2D eigenvalue weighted by Crippen LogP contribution is 2.28. The molecule has 46 nitrogen and oxygen atoms in total. The van der Waals surface area contributed by atoms with Crippen LogP contribution in [0.2, 0.25) is 0 Å². The van der Waals surface area contributed by atoms with Gasteiger partial charge in [0.25, 0.3) is 0 Å². The zero-order valence-electron chi connectivity index (χ0n) is 77.2. The van der Waals surface area contributed by atoms with E-state index in [4.69, 9.17) is 11.5 Å². The lowest BCUT2D eigenvalue weighted by Crippen LogP contribution is -2.61. The average Bonchev–Trinajstić information content (AvgIpc) is 1.61. The topological polar surface area (TPSA) is 691 Å². The minimum atomic E-state index is -1.89. The molecule has 0 unspecified atom stereocenters. The standard InChI is InChI=1S/C91H121N21O25S/c1-7-9-20-68-84(130)101-60(28-31-76(120)121)81(127)107-67(79(125)97-43-73(93)116)45-138-46-74(117)99-64(34-49-23-25-53(113)26-24-49)87(133)108(4)48(3)78(124)105-66(39-72(92)115)90(136)111-33-15-22-69(111)85(131)104-63(37-52-42-94-47-98-52)83(129)102-61(29-32-77(122)123)89(135)112-44-54(114)38-71(112)86(132)103-62(35-50-40-95-57-18-13-11-16-55(50)57)82(128)100-59(27-30-75(118)119)80(126)106-65(36-51-41-96-58-19-14-12-17-56(51)58)88(134)110(6)70(21-10-8-2)91(137)109(68)5/h11-14,16-19,23-26,40-42,47-48,54,59-71,95-96,113-114H,7-10,15,20-22,27-39,43-46H2,1-6H3,(H2,92,115)(H2,93,116)(H,94,98)(H,97,125)(H,99,117)(H,100,128)(H,101,130)(H,102,129)(H,103,132)(H,104,131)(H,105,124)(H,106,126)(H,107,127)(H,118,119)(H,120,121)(H,122,123)/t48-,54+,59-,60-,61-,62-,63-,64-,65-,66-,67-,68-,69-,70-,71-/m0/s1. The number of amides is 17. The number of unbranched alkanes of at least 4 members (excludes halogenated alkanes) is 2. The van der Waals surface area contributed by atoms with Gasteiger partial charge >= 0.3 is 17.9 Å². The number of aromatic hydroxyl groups is 1. The van der Waals surface area contributed by atoms with E-state index in [1.807, 2.05) is 0 Å². The van der Waals surface area contributed by atoms with Gasteiger partial charge in [-0.1, -0.05) is 88.1 Å². The Morgan fingerprint density at radius 2 is 0.978 bits per heavy atom. The van der Waals surface area contributed by atoms with Crippen LogP contribution in [0.1, 0.15) is 146 Å². The second kappa shape index (κ2) is 50.9. The second-order valence-electron chi connectivity index (χ2n) is 34.5. The number of aliphatic carboxylic acids is 3. The fraction of sp³-hybridized carbons (Fsp3) is 0.505. The molecule has 6 aromatic rings. The Balaban J connectivity index is 1.12. The second-order valence-corrected chi connectivity index (χ2v) is 35.5. The Morgan fingerprint density at radius 3 is 1.54 bits per heavy atom. The molecule has 0 spiro atoms. The van der Waals surface area contributed by atoms with Gasteiger partial charge in [0.1, 0.15) is 90.3 Å². The number of fused-ring (bicyclic) bond motifs is 4. The number of aliphatic hydroxyl groups is 1. The number of carboxylic acid groups (broad SMARTS) is 3. The van der Waals surface area contributed by atoms with Gasteiger partial charge in [-0.15, -0.1) is 11.8 Å². The number of rotatable bonds is 28. The van der Waals surface area contributed by atoms with Crippen molar-refractivity contribution in [3.05, 3.63) is 120 Å². The number of para-hydroxylation sites is 2. The minimum Gasteiger partial charge on any atom is -0.508 e. The number of aromatic nitrogens is 4. The number of hydrogen-bond donors (Lipinski definition) is 20. The summed E-state index contributed by atoms with van der Waals surface area (Å²) in [5, 5.41) is 78.6. The van der Waals surface area contributed by atoms with E-state index < -0.39 is 298 Å². The predicted molar refractivity (Wildman–Crippen MR) is 495 cm³/mol. The molecular weight excluding hydrogens is 1820 g/mol. The van der Waals surface area contributed by atoms with Crippen molar-refractivity contribution in [1.82, 2.24) is 97.6 Å². The Morgan fingerprint density at radius 1 is 0.493 bits per heavy atom. The first-order valence-electron chi connectivity index (χ1n) is 45.4. The van der Waals surface area contributed by atoms with Crippen LogP contribution in [-0.4, -0.2) is 331 Å². The van der Waals surface area contributed by atoms with E-state index in [-0.39, 0.29) is 69.4 Å². The molecule has 0 bridgehead atoms. The summed E-state index contributed by atoms with van der Waals surface area (Å²) in [6, 6.07) is -4.68. The number of thioether (sulfide) groups is 1. The van der Waals surface area contributed by atoms with E-state index in [2.05, 4.69) is 73.1 Å². The Kier molecular flexibility index (Phi) is 39.5.